The van der Waals surface area contributed by atoms with Crippen LogP contribution >= 0.6 is 12.2 Å². The first-order valence-corrected chi connectivity index (χ1v) is 10.8. The molecule has 174 valence electrons. The van der Waals surface area contributed by atoms with Gasteiger partial charge in [-0.2, -0.15) is 23.5 Å². The average Bonchev–Trinajstić information content (AvgIpc) is 3.27. The third-order valence-corrected chi connectivity index (χ3v) is 6.62. The lowest BCUT2D eigenvalue weighted by molar-refractivity contribution is -0.138. The number of aromatic nitrogens is 3. The third-order valence-electron chi connectivity index (χ3n) is 6.26. The van der Waals surface area contributed by atoms with Gasteiger partial charge in [0.05, 0.1) is 36.1 Å². The molecule has 2 aliphatic rings. The van der Waals surface area contributed by atoms with E-state index >= 15 is 0 Å². The van der Waals surface area contributed by atoms with Gasteiger partial charge >= 0.3 is 6.18 Å². The Morgan fingerprint density at radius 3 is 2.62 bits per heavy atom. The Morgan fingerprint density at radius 1 is 1.24 bits per heavy atom. The number of carbonyl (C=O) groups excluding carboxylic acids is 1. The van der Waals surface area contributed by atoms with Gasteiger partial charge in [0.1, 0.15) is 11.6 Å². The van der Waals surface area contributed by atoms with Gasteiger partial charge in [0.2, 0.25) is 0 Å². The average molecular weight is 486 g/mol. The van der Waals surface area contributed by atoms with E-state index in [-0.39, 0.29) is 17.4 Å². The SMILES string of the molecule is N#Cc1ncc(N2C(=O)C3(CCC3)N(c3ccc4nn(CCO)cc4c3)C2=S)cc1C(F)(F)F. The molecule has 1 N–H and O–H groups in total. The van der Waals surface area contributed by atoms with Crippen molar-refractivity contribution in [1.82, 2.24) is 14.8 Å². The highest BCUT2D eigenvalue weighted by Gasteiger charge is 2.59. The Bertz CT molecular complexity index is 1380. The van der Waals surface area contributed by atoms with Crippen LogP contribution in [0.2, 0.25) is 0 Å². The summed E-state index contributed by atoms with van der Waals surface area (Å²) in [5.41, 5.74) is -1.80. The van der Waals surface area contributed by atoms with Crippen LogP contribution in [0, 0.1) is 11.3 Å². The van der Waals surface area contributed by atoms with Crippen molar-refractivity contribution in [1.29, 1.82) is 5.26 Å². The number of aliphatic hydroxyl groups is 1. The Morgan fingerprint density at radius 2 is 2.00 bits per heavy atom. The summed E-state index contributed by atoms with van der Waals surface area (Å²) in [4.78, 5) is 20.0. The maximum absolute atomic E-state index is 13.6. The molecular formula is C22H17F3N6O2S. The number of hydrogen-bond donors (Lipinski definition) is 1. The lowest BCUT2D eigenvalue weighted by atomic mass is 9.75. The second-order valence-electron chi connectivity index (χ2n) is 8.20. The molecule has 0 atom stereocenters. The van der Waals surface area contributed by atoms with E-state index in [4.69, 9.17) is 22.6 Å². The highest BCUT2D eigenvalue weighted by molar-refractivity contribution is 7.81. The number of aliphatic hydroxyl groups excluding tert-OH is 1. The lowest BCUT2D eigenvalue weighted by Crippen LogP contribution is -2.55. The normalized spacial score (nSPS) is 17.5. The van der Waals surface area contributed by atoms with E-state index in [1.807, 2.05) is 6.07 Å². The van der Waals surface area contributed by atoms with Crippen molar-refractivity contribution < 1.29 is 23.1 Å². The van der Waals surface area contributed by atoms with Crippen LogP contribution in [-0.2, 0) is 17.5 Å². The minimum atomic E-state index is -4.81. The van der Waals surface area contributed by atoms with Crippen molar-refractivity contribution in [3.05, 3.63) is 47.9 Å². The van der Waals surface area contributed by atoms with Crippen molar-refractivity contribution in [3.8, 4) is 6.07 Å². The van der Waals surface area contributed by atoms with Crippen LogP contribution in [0.4, 0.5) is 24.5 Å². The largest absolute Gasteiger partial charge is 0.419 e. The molecule has 2 aromatic heterocycles. The first-order valence-electron chi connectivity index (χ1n) is 10.4. The smallest absolute Gasteiger partial charge is 0.394 e. The summed E-state index contributed by atoms with van der Waals surface area (Å²) in [5.74, 6) is -0.417. The lowest BCUT2D eigenvalue weighted by Gasteiger charge is -2.43. The van der Waals surface area contributed by atoms with Gasteiger partial charge in [-0.15, -0.1) is 0 Å². The van der Waals surface area contributed by atoms with Crippen molar-refractivity contribution in [2.45, 2.75) is 37.5 Å². The standard InChI is InChI=1S/C22H17F3N6O2S/c23-22(24,25)16-9-15(11-27-18(16)10-26)30-19(33)21(4-1-5-21)31(20(30)34)14-2-3-17-13(8-14)12-29(28-17)6-7-32/h2-3,8-9,11-12,32H,1,4-7H2. The molecule has 34 heavy (non-hydrogen) atoms. The van der Waals surface area contributed by atoms with Gasteiger partial charge in [0.25, 0.3) is 5.91 Å². The number of amides is 1. The fourth-order valence-corrected chi connectivity index (χ4v) is 4.98. The second-order valence-corrected chi connectivity index (χ2v) is 8.57. The van der Waals surface area contributed by atoms with Crippen LogP contribution in [-0.4, -0.2) is 43.0 Å². The van der Waals surface area contributed by atoms with E-state index < -0.39 is 28.9 Å². The fourth-order valence-electron chi connectivity index (χ4n) is 4.51. The van der Waals surface area contributed by atoms with Crippen LogP contribution in [0.5, 0.6) is 0 Å². The van der Waals surface area contributed by atoms with Crippen LogP contribution in [0.3, 0.4) is 0 Å². The molecule has 1 aliphatic heterocycles. The van der Waals surface area contributed by atoms with Gasteiger partial charge < -0.3 is 10.0 Å². The maximum atomic E-state index is 13.6. The Kier molecular flexibility index (Phi) is 5.07. The minimum Gasteiger partial charge on any atom is -0.394 e. The number of halogens is 3. The molecule has 3 aromatic rings. The molecule has 1 aliphatic carbocycles. The Hall–Kier alpha value is -3.56. The summed E-state index contributed by atoms with van der Waals surface area (Å²) in [6.45, 7) is 0.262. The number of carbonyl (C=O) groups is 1. The first kappa shape index (κ1) is 22.2. The topological polar surface area (TPSA) is 98.3 Å². The maximum Gasteiger partial charge on any atom is 0.419 e. The molecule has 12 heteroatoms. The molecule has 5 rings (SSSR count). The molecular weight excluding hydrogens is 469 g/mol. The molecule has 0 radical (unpaired) electrons. The van der Waals surface area contributed by atoms with E-state index in [1.165, 1.54) is 6.07 Å². The quantitative estimate of drug-likeness (QED) is 0.565. The molecule has 1 spiro atoms. The molecule has 1 saturated carbocycles. The van der Waals surface area contributed by atoms with E-state index in [0.29, 0.717) is 30.6 Å². The molecule has 0 bridgehead atoms. The predicted octanol–water partition coefficient (Wildman–Crippen LogP) is 3.37. The van der Waals surface area contributed by atoms with Gasteiger partial charge in [0, 0.05) is 17.3 Å². The predicted molar refractivity (Wildman–Crippen MR) is 120 cm³/mol. The van der Waals surface area contributed by atoms with Crippen LogP contribution in [0.15, 0.2) is 36.7 Å². The van der Waals surface area contributed by atoms with E-state index in [0.717, 1.165) is 29.0 Å². The number of alkyl halides is 3. The summed E-state index contributed by atoms with van der Waals surface area (Å²) < 4.78 is 42.1. The van der Waals surface area contributed by atoms with E-state index in [1.54, 1.807) is 27.9 Å². The van der Waals surface area contributed by atoms with Gasteiger partial charge in [-0.05, 0) is 55.7 Å². The monoisotopic (exact) mass is 486 g/mol. The molecule has 3 heterocycles. The molecule has 1 saturated heterocycles. The van der Waals surface area contributed by atoms with E-state index in [2.05, 4.69) is 10.1 Å². The zero-order valence-electron chi connectivity index (χ0n) is 17.6. The van der Waals surface area contributed by atoms with Crippen LogP contribution in [0.25, 0.3) is 10.9 Å². The number of thiocarbonyl (C=S) groups is 1. The number of fused-ring (bicyclic) bond motifs is 1. The van der Waals surface area contributed by atoms with Gasteiger partial charge in [-0.1, -0.05) is 0 Å². The summed E-state index contributed by atoms with van der Waals surface area (Å²) in [6, 6.07) is 7.54. The zero-order chi connectivity index (χ0) is 24.3. The Labute approximate surface area is 196 Å². The molecule has 0 unspecified atom stereocenters. The highest BCUT2D eigenvalue weighted by Crippen LogP contribution is 2.48. The number of rotatable bonds is 4. The molecule has 1 aromatic carbocycles. The second kappa shape index (κ2) is 7.75. The van der Waals surface area contributed by atoms with Crippen molar-refractivity contribution in [2.24, 2.45) is 0 Å². The fraction of sp³-hybridized carbons (Fsp3) is 0.318. The molecule has 8 nitrogen and oxygen atoms in total. The van der Waals surface area contributed by atoms with Gasteiger partial charge in [-0.25, -0.2) is 4.98 Å². The molecule has 1 amide bonds. The van der Waals surface area contributed by atoms with Gasteiger partial charge in [0.15, 0.2) is 10.8 Å². The number of nitrogens with zero attached hydrogens (tertiary/aromatic N) is 6. The van der Waals surface area contributed by atoms with Crippen molar-refractivity contribution >= 4 is 45.5 Å². The van der Waals surface area contributed by atoms with E-state index in [9.17, 15) is 18.0 Å². The number of hydrogen-bond acceptors (Lipinski definition) is 6. The third kappa shape index (κ3) is 3.23. The summed E-state index contributed by atoms with van der Waals surface area (Å²) in [5, 5.41) is 23.4. The summed E-state index contributed by atoms with van der Waals surface area (Å²) >= 11 is 5.62. The minimum absolute atomic E-state index is 0.0476. The number of nitriles is 1. The zero-order valence-corrected chi connectivity index (χ0v) is 18.4. The number of pyridine rings is 1. The first-order chi connectivity index (χ1) is 16.2. The summed E-state index contributed by atoms with van der Waals surface area (Å²) in [6.07, 6.45) is -0.210. The Balaban J connectivity index is 1.59. The van der Waals surface area contributed by atoms with Crippen molar-refractivity contribution in [3.63, 3.8) is 0 Å². The van der Waals surface area contributed by atoms with Crippen LogP contribution < -0.4 is 9.80 Å². The van der Waals surface area contributed by atoms with Gasteiger partial charge in [-0.3, -0.25) is 14.4 Å². The number of benzene rings is 1. The summed E-state index contributed by atoms with van der Waals surface area (Å²) in [7, 11) is 0. The van der Waals surface area contributed by atoms with Crippen LogP contribution in [0.1, 0.15) is 30.5 Å². The number of anilines is 2. The molecule has 2 fully saturated rings. The highest BCUT2D eigenvalue weighted by atomic mass is 32.1. The van der Waals surface area contributed by atoms with Crippen molar-refractivity contribution in [2.75, 3.05) is 16.4 Å².